The van der Waals surface area contributed by atoms with Gasteiger partial charge in [-0.15, -0.1) is 11.3 Å². The number of thiazole rings is 1. The Labute approximate surface area is 132 Å². The molecule has 6 heteroatoms. The Morgan fingerprint density at radius 1 is 1.11 bits per heavy atom. The van der Waals surface area contributed by atoms with Crippen LogP contribution >= 0.6 is 45.5 Å². The van der Waals surface area contributed by atoms with Gasteiger partial charge in [-0.1, -0.05) is 41.9 Å². The van der Waals surface area contributed by atoms with Crippen molar-refractivity contribution >= 4 is 45.5 Å². The molecular formula is C13H7ClIN3S. The third-order valence-corrected chi connectivity index (χ3v) is 4.86. The summed E-state index contributed by atoms with van der Waals surface area (Å²) in [7, 11) is 0. The summed E-state index contributed by atoms with van der Waals surface area (Å²) in [5, 5.41) is 3.13. The highest BCUT2D eigenvalue weighted by Crippen LogP contribution is 2.30. The Hall–Kier alpha value is -1.05. The second-order valence-electron chi connectivity index (χ2n) is 3.70. The van der Waals surface area contributed by atoms with E-state index in [2.05, 4.69) is 37.5 Å². The Bertz CT molecular complexity index is 701. The van der Waals surface area contributed by atoms with E-state index in [1.807, 2.05) is 35.7 Å². The molecule has 0 fully saturated rings. The minimum atomic E-state index is 0.458. The van der Waals surface area contributed by atoms with Gasteiger partial charge in [-0.2, -0.15) is 0 Å². The lowest BCUT2D eigenvalue weighted by Crippen LogP contribution is -1.96. The number of aromatic nitrogens is 3. The maximum absolute atomic E-state index is 6.20. The van der Waals surface area contributed by atoms with Crippen LogP contribution in [0.15, 0.2) is 41.9 Å². The average molecular weight is 400 g/mol. The van der Waals surface area contributed by atoms with E-state index in [1.165, 1.54) is 11.3 Å². The predicted molar refractivity (Wildman–Crippen MR) is 86.3 cm³/mol. The Morgan fingerprint density at radius 2 is 1.89 bits per heavy atom. The predicted octanol–water partition coefficient (Wildman–Crippen LogP) is 4.53. The molecule has 19 heavy (non-hydrogen) atoms. The highest BCUT2D eigenvalue weighted by atomic mass is 127. The largest absolute Gasteiger partial charge is 0.241 e. The van der Waals surface area contributed by atoms with Crippen molar-refractivity contribution in [1.82, 2.24) is 15.0 Å². The van der Waals surface area contributed by atoms with E-state index >= 15 is 0 Å². The molecule has 2 heterocycles. The summed E-state index contributed by atoms with van der Waals surface area (Å²) in [5.41, 5.74) is 1.86. The summed E-state index contributed by atoms with van der Waals surface area (Å²) in [6, 6.07) is 9.94. The molecule has 0 unspecified atom stereocenters. The van der Waals surface area contributed by atoms with Gasteiger partial charge in [-0.25, -0.2) is 15.0 Å². The van der Waals surface area contributed by atoms with Crippen LogP contribution in [0.25, 0.3) is 22.1 Å². The zero-order valence-corrected chi connectivity index (χ0v) is 13.3. The minimum Gasteiger partial charge on any atom is -0.241 e. The minimum absolute atomic E-state index is 0.458. The lowest BCUT2D eigenvalue weighted by Gasteiger charge is -2.07. The second-order valence-corrected chi connectivity index (χ2v) is 6.04. The number of nitrogens with zero attached hydrogens (tertiary/aromatic N) is 3. The van der Waals surface area contributed by atoms with Crippen molar-refractivity contribution in [1.29, 1.82) is 0 Å². The van der Waals surface area contributed by atoms with Gasteiger partial charge < -0.3 is 0 Å². The highest BCUT2D eigenvalue weighted by molar-refractivity contribution is 14.1. The van der Waals surface area contributed by atoms with Crippen molar-refractivity contribution in [3.63, 3.8) is 0 Å². The SMILES string of the molecule is Clc1nc(-c2nccs2)nc(-c2ccccc2)c1I. The van der Waals surface area contributed by atoms with E-state index in [-0.39, 0.29) is 0 Å². The van der Waals surface area contributed by atoms with Gasteiger partial charge in [0.2, 0.25) is 0 Å². The fourth-order valence-corrected chi connectivity index (χ4v) is 2.93. The average Bonchev–Trinajstić information content (AvgIpc) is 2.97. The van der Waals surface area contributed by atoms with Crippen molar-refractivity contribution in [2.45, 2.75) is 0 Å². The molecule has 3 nitrogen and oxygen atoms in total. The molecule has 0 amide bonds. The molecule has 0 aliphatic rings. The number of benzene rings is 1. The Kier molecular flexibility index (Phi) is 3.76. The zero-order valence-electron chi connectivity index (χ0n) is 9.55. The van der Waals surface area contributed by atoms with Crippen molar-refractivity contribution in [3.05, 3.63) is 50.6 Å². The molecule has 0 aliphatic heterocycles. The van der Waals surface area contributed by atoms with Crippen molar-refractivity contribution in [2.24, 2.45) is 0 Å². The first-order valence-corrected chi connectivity index (χ1v) is 7.77. The molecule has 0 atom stereocenters. The number of halogens is 2. The molecule has 94 valence electrons. The maximum Gasteiger partial charge on any atom is 0.190 e. The van der Waals surface area contributed by atoms with E-state index in [9.17, 15) is 0 Å². The van der Waals surface area contributed by atoms with Gasteiger partial charge in [0.1, 0.15) is 5.15 Å². The van der Waals surface area contributed by atoms with Gasteiger partial charge in [-0.05, 0) is 22.6 Å². The molecular weight excluding hydrogens is 393 g/mol. The fourth-order valence-electron chi connectivity index (χ4n) is 1.64. The number of hydrogen-bond donors (Lipinski definition) is 0. The van der Waals surface area contributed by atoms with Gasteiger partial charge in [0.15, 0.2) is 10.8 Å². The van der Waals surface area contributed by atoms with Crippen molar-refractivity contribution < 1.29 is 0 Å². The third kappa shape index (κ3) is 2.63. The summed E-state index contributed by atoms with van der Waals surface area (Å²) in [4.78, 5) is 13.1. The van der Waals surface area contributed by atoms with E-state index in [1.54, 1.807) is 6.20 Å². The van der Waals surface area contributed by atoms with Crippen LogP contribution in [0.3, 0.4) is 0 Å². The fraction of sp³-hybridized carbons (Fsp3) is 0. The Morgan fingerprint density at radius 3 is 2.58 bits per heavy atom. The molecule has 3 aromatic rings. The van der Waals surface area contributed by atoms with Gasteiger partial charge >= 0.3 is 0 Å². The molecule has 0 bridgehead atoms. The van der Waals surface area contributed by atoms with Crippen LogP contribution < -0.4 is 0 Å². The Balaban J connectivity index is 2.20. The smallest absolute Gasteiger partial charge is 0.190 e. The van der Waals surface area contributed by atoms with Crippen LogP contribution in [0.1, 0.15) is 0 Å². The van der Waals surface area contributed by atoms with Gasteiger partial charge in [0.05, 0.1) is 9.26 Å². The molecule has 2 aromatic heterocycles. The quantitative estimate of drug-likeness (QED) is 0.469. The van der Waals surface area contributed by atoms with Crippen LogP contribution in [0.2, 0.25) is 5.15 Å². The summed E-state index contributed by atoms with van der Waals surface area (Å²) in [6.07, 6.45) is 1.73. The van der Waals surface area contributed by atoms with Gasteiger partial charge in [0.25, 0.3) is 0 Å². The van der Waals surface area contributed by atoms with E-state index in [0.29, 0.717) is 11.0 Å². The second kappa shape index (κ2) is 5.52. The first-order chi connectivity index (χ1) is 9.25. The molecule has 0 saturated heterocycles. The summed E-state index contributed by atoms with van der Waals surface area (Å²) >= 11 is 9.87. The summed E-state index contributed by atoms with van der Waals surface area (Å²) in [5.74, 6) is 0.569. The first kappa shape index (κ1) is 13.0. The summed E-state index contributed by atoms with van der Waals surface area (Å²) in [6.45, 7) is 0. The van der Waals surface area contributed by atoms with E-state index < -0.39 is 0 Å². The normalized spacial score (nSPS) is 10.6. The van der Waals surface area contributed by atoms with E-state index in [0.717, 1.165) is 19.8 Å². The zero-order chi connectivity index (χ0) is 13.2. The van der Waals surface area contributed by atoms with Crippen molar-refractivity contribution in [3.8, 4) is 22.1 Å². The third-order valence-electron chi connectivity index (χ3n) is 2.48. The van der Waals surface area contributed by atoms with E-state index in [4.69, 9.17) is 11.6 Å². The molecule has 0 spiro atoms. The molecule has 0 N–H and O–H groups in total. The molecule has 0 aliphatic carbocycles. The van der Waals surface area contributed by atoms with Crippen LogP contribution in [-0.4, -0.2) is 15.0 Å². The topological polar surface area (TPSA) is 38.7 Å². The lowest BCUT2D eigenvalue weighted by atomic mass is 10.1. The molecule has 0 radical (unpaired) electrons. The van der Waals surface area contributed by atoms with Gasteiger partial charge in [-0.3, -0.25) is 0 Å². The monoisotopic (exact) mass is 399 g/mol. The summed E-state index contributed by atoms with van der Waals surface area (Å²) < 4.78 is 0.853. The van der Waals surface area contributed by atoms with Gasteiger partial charge in [0, 0.05) is 17.1 Å². The lowest BCUT2D eigenvalue weighted by molar-refractivity contribution is 1.15. The van der Waals surface area contributed by atoms with Crippen molar-refractivity contribution in [2.75, 3.05) is 0 Å². The number of rotatable bonds is 2. The molecule has 3 rings (SSSR count). The number of hydrogen-bond acceptors (Lipinski definition) is 4. The standard InChI is InChI=1S/C13H7ClIN3S/c14-11-9(15)10(8-4-2-1-3-5-8)17-12(18-11)13-16-6-7-19-13/h1-7H. The first-order valence-electron chi connectivity index (χ1n) is 5.44. The van der Waals surface area contributed by atoms with Crippen LogP contribution in [0.5, 0.6) is 0 Å². The molecule has 1 aromatic carbocycles. The van der Waals surface area contributed by atoms with Crippen LogP contribution in [0.4, 0.5) is 0 Å². The van der Waals surface area contributed by atoms with Crippen LogP contribution in [0, 0.1) is 3.57 Å². The molecule has 0 saturated carbocycles. The highest BCUT2D eigenvalue weighted by Gasteiger charge is 2.14. The maximum atomic E-state index is 6.20. The van der Waals surface area contributed by atoms with Crippen LogP contribution in [-0.2, 0) is 0 Å².